The Morgan fingerprint density at radius 3 is 2.33 bits per heavy atom. The van der Waals surface area contributed by atoms with Crippen molar-refractivity contribution in [3.05, 3.63) is 69.7 Å². The molecular formula is C17H18ClF2N. The van der Waals surface area contributed by atoms with Crippen LogP contribution in [0.5, 0.6) is 0 Å². The maximum absolute atomic E-state index is 13.5. The average Bonchev–Trinajstić information content (AvgIpc) is 2.40. The number of halogens is 3. The van der Waals surface area contributed by atoms with Crippen LogP contribution >= 0.6 is 11.6 Å². The van der Waals surface area contributed by atoms with E-state index in [1.165, 1.54) is 12.1 Å². The number of hydrogen-bond donors (Lipinski definition) is 1. The van der Waals surface area contributed by atoms with Crippen LogP contribution in [0.4, 0.5) is 8.78 Å². The van der Waals surface area contributed by atoms with Crippen molar-refractivity contribution in [2.75, 3.05) is 6.54 Å². The van der Waals surface area contributed by atoms with Crippen molar-refractivity contribution in [3.63, 3.8) is 0 Å². The Balaban J connectivity index is 2.46. The molecule has 1 nitrogen and oxygen atoms in total. The van der Waals surface area contributed by atoms with E-state index < -0.39 is 11.6 Å². The topological polar surface area (TPSA) is 12.0 Å². The highest BCUT2D eigenvalue weighted by Gasteiger charge is 2.17. The van der Waals surface area contributed by atoms with Gasteiger partial charge in [0.2, 0.25) is 0 Å². The Kier molecular flexibility index (Phi) is 5.32. The van der Waals surface area contributed by atoms with E-state index in [-0.39, 0.29) is 6.04 Å². The van der Waals surface area contributed by atoms with Gasteiger partial charge in [0.25, 0.3) is 0 Å². The molecule has 0 saturated heterocycles. The fourth-order valence-corrected chi connectivity index (χ4v) is 2.63. The summed E-state index contributed by atoms with van der Waals surface area (Å²) >= 11 is 5.98. The number of hydrogen-bond acceptors (Lipinski definition) is 1. The molecule has 112 valence electrons. The van der Waals surface area contributed by atoms with Crippen LogP contribution in [0.2, 0.25) is 5.02 Å². The number of aryl methyl sites for hydroxylation is 1. The SMILES string of the molecule is CCCNC(c1cc(F)cc(F)c1)c1ccc(Cl)cc1C. The zero-order chi connectivity index (χ0) is 15.4. The largest absolute Gasteiger partial charge is 0.306 e. The summed E-state index contributed by atoms with van der Waals surface area (Å²) in [6.07, 6.45) is 0.931. The first-order chi connectivity index (χ1) is 10.0. The summed E-state index contributed by atoms with van der Waals surface area (Å²) in [4.78, 5) is 0. The van der Waals surface area contributed by atoms with E-state index >= 15 is 0 Å². The van der Waals surface area contributed by atoms with Crippen LogP contribution in [0.1, 0.15) is 36.1 Å². The van der Waals surface area contributed by atoms with Crippen molar-refractivity contribution < 1.29 is 8.78 Å². The van der Waals surface area contributed by atoms with Gasteiger partial charge in [-0.05, 0) is 60.8 Å². The molecule has 0 aromatic heterocycles. The molecule has 21 heavy (non-hydrogen) atoms. The maximum atomic E-state index is 13.5. The molecule has 4 heteroatoms. The van der Waals surface area contributed by atoms with E-state index in [0.717, 1.165) is 30.2 Å². The molecule has 0 aliphatic heterocycles. The first-order valence-electron chi connectivity index (χ1n) is 6.96. The molecule has 0 heterocycles. The Bertz CT molecular complexity index is 608. The summed E-state index contributed by atoms with van der Waals surface area (Å²) in [5.74, 6) is -1.14. The van der Waals surface area contributed by atoms with Gasteiger partial charge in [-0.3, -0.25) is 0 Å². The van der Waals surface area contributed by atoms with Crippen LogP contribution < -0.4 is 5.32 Å². The van der Waals surface area contributed by atoms with Gasteiger partial charge < -0.3 is 5.32 Å². The summed E-state index contributed by atoms with van der Waals surface area (Å²) in [5.41, 5.74) is 2.53. The van der Waals surface area contributed by atoms with Gasteiger partial charge in [0.05, 0.1) is 6.04 Å². The van der Waals surface area contributed by atoms with Gasteiger partial charge in [-0.1, -0.05) is 24.6 Å². The summed E-state index contributed by atoms with van der Waals surface area (Å²) in [6.45, 7) is 4.74. The molecule has 2 aromatic rings. The lowest BCUT2D eigenvalue weighted by Crippen LogP contribution is -2.24. The van der Waals surface area contributed by atoms with Gasteiger partial charge in [0.1, 0.15) is 11.6 Å². The standard InChI is InChI=1S/C17H18ClF2N/c1-3-6-21-17(12-8-14(19)10-15(20)9-12)16-5-4-13(18)7-11(16)2/h4-5,7-10,17,21H,3,6H2,1-2H3. The molecule has 0 aliphatic rings. The van der Waals surface area contributed by atoms with Crippen molar-refractivity contribution in [2.24, 2.45) is 0 Å². The van der Waals surface area contributed by atoms with Gasteiger partial charge in [-0.15, -0.1) is 0 Å². The third-order valence-corrected chi connectivity index (χ3v) is 3.59. The number of benzene rings is 2. The molecule has 2 rings (SSSR count). The van der Waals surface area contributed by atoms with E-state index in [1.54, 1.807) is 6.07 Å². The molecule has 0 spiro atoms. The molecule has 1 unspecified atom stereocenters. The van der Waals surface area contributed by atoms with Crippen molar-refractivity contribution in [1.82, 2.24) is 5.32 Å². The Hall–Kier alpha value is -1.45. The van der Waals surface area contributed by atoms with Crippen LogP contribution in [0.15, 0.2) is 36.4 Å². The van der Waals surface area contributed by atoms with Crippen LogP contribution in [-0.4, -0.2) is 6.54 Å². The smallest absolute Gasteiger partial charge is 0.126 e. The molecule has 1 atom stereocenters. The lowest BCUT2D eigenvalue weighted by Gasteiger charge is -2.22. The molecule has 2 aromatic carbocycles. The van der Waals surface area contributed by atoms with E-state index in [4.69, 9.17) is 11.6 Å². The second-order valence-electron chi connectivity index (χ2n) is 5.09. The van der Waals surface area contributed by atoms with Crippen LogP contribution in [0, 0.1) is 18.6 Å². The summed E-state index contributed by atoms with van der Waals surface area (Å²) in [6, 6.07) is 8.90. The minimum atomic E-state index is -0.570. The third-order valence-electron chi connectivity index (χ3n) is 3.36. The van der Waals surface area contributed by atoms with E-state index in [0.29, 0.717) is 10.6 Å². The minimum absolute atomic E-state index is 0.257. The highest BCUT2D eigenvalue weighted by molar-refractivity contribution is 6.30. The third kappa shape index (κ3) is 4.02. The molecule has 0 saturated carbocycles. The Morgan fingerprint density at radius 2 is 1.76 bits per heavy atom. The molecule has 0 amide bonds. The Labute approximate surface area is 128 Å². The van der Waals surface area contributed by atoms with Gasteiger partial charge in [-0.2, -0.15) is 0 Å². The average molecular weight is 310 g/mol. The Morgan fingerprint density at radius 1 is 1.10 bits per heavy atom. The zero-order valence-corrected chi connectivity index (χ0v) is 12.8. The molecule has 0 radical (unpaired) electrons. The van der Waals surface area contributed by atoms with Crippen molar-refractivity contribution in [1.29, 1.82) is 0 Å². The second-order valence-corrected chi connectivity index (χ2v) is 5.53. The summed E-state index contributed by atoms with van der Waals surface area (Å²) in [5, 5.41) is 3.99. The van der Waals surface area contributed by atoms with Crippen molar-refractivity contribution >= 4 is 11.6 Å². The van der Waals surface area contributed by atoms with Gasteiger partial charge in [0.15, 0.2) is 0 Å². The fraction of sp³-hybridized carbons (Fsp3) is 0.294. The van der Waals surface area contributed by atoms with Gasteiger partial charge in [0, 0.05) is 11.1 Å². The van der Waals surface area contributed by atoms with E-state index in [1.807, 2.05) is 26.0 Å². The first kappa shape index (κ1) is 15.9. The summed E-state index contributed by atoms with van der Waals surface area (Å²) < 4.78 is 27.0. The maximum Gasteiger partial charge on any atom is 0.126 e. The minimum Gasteiger partial charge on any atom is -0.306 e. The number of nitrogens with one attached hydrogen (secondary N) is 1. The van der Waals surface area contributed by atoms with Crippen LogP contribution in [-0.2, 0) is 0 Å². The van der Waals surface area contributed by atoms with Crippen molar-refractivity contribution in [2.45, 2.75) is 26.3 Å². The molecule has 0 fully saturated rings. The predicted molar refractivity (Wildman–Crippen MR) is 82.7 cm³/mol. The lowest BCUT2D eigenvalue weighted by molar-refractivity contribution is 0.557. The second kappa shape index (κ2) is 7.01. The molecule has 0 aliphatic carbocycles. The van der Waals surface area contributed by atoms with E-state index in [2.05, 4.69) is 5.32 Å². The highest BCUT2D eigenvalue weighted by Crippen LogP contribution is 2.28. The zero-order valence-electron chi connectivity index (χ0n) is 12.1. The van der Waals surface area contributed by atoms with Crippen LogP contribution in [0.3, 0.4) is 0 Å². The van der Waals surface area contributed by atoms with Crippen molar-refractivity contribution in [3.8, 4) is 0 Å². The fourth-order valence-electron chi connectivity index (χ4n) is 2.40. The first-order valence-corrected chi connectivity index (χ1v) is 7.34. The summed E-state index contributed by atoms with van der Waals surface area (Å²) in [7, 11) is 0. The lowest BCUT2D eigenvalue weighted by atomic mass is 9.94. The molecule has 0 bridgehead atoms. The van der Waals surface area contributed by atoms with Gasteiger partial charge >= 0.3 is 0 Å². The molecule has 1 N–H and O–H groups in total. The van der Waals surface area contributed by atoms with E-state index in [9.17, 15) is 8.78 Å². The van der Waals surface area contributed by atoms with Gasteiger partial charge in [-0.25, -0.2) is 8.78 Å². The highest BCUT2D eigenvalue weighted by atomic mass is 35.5. The normalized spacial score (nSPS) is 12.4. The quantitative estimate of drug-likeness (QED) is 0.818. The monoisotopic (exact) mass is 309 g/mol. The van der Waals surface area contributed by atoms with Crippen LogP contribution in [0.25, 0.3) is 0 Å². The number of rotatable bonds is 5. The predicted octanol–water partition coefficient (Wildman–Crippen LogP) is 5.02. The molecular weight excluding hydrogens is 292 g/mol.